The van der Waals surface area contributed by atoms with E-state index in [-0.39, 0.29) is 11.7 Å². The highest BCUT2D eigenvalue weighted by Crippen LogP contribution is 2.31. The SMILES string of the molecule is COCCOc1cc(-c2ccc(F)cc2)nc2cc(C(=O)NCC/C(=C/N)C(C)=N)ccc12. The van der Waals surface area contributed by atoms with Crippen LogP contribution >= 0.6 is 0 Å². The van der Waals surface area contributed by atoms with Crippen molar-refractivity contribution in [2.45, 2.75) is 13.3 Å². The van der Waals surface area contributed by atoms with E-state index in [0.29, 0.717) is 60.0 Å². The molecule has 0 spiro atoms. The molecule has 8 heteroatoms. The zero-order chi connectivity index (χ0) is 23.8. The van der Waals surface area contributed by atoms with E-state index in [0.717, 1.165) is 10.9 Å². The quantitative estimate of drug-likeness (QED) is 0.319. The average Bonchev–Trinajstić information content (AvgIpc) is 2.81. The Hall–Kier alpha value is -3.78. The number of hydrogen-bond acceptors (Lipinski definition) is 6. The number of aromatic nitrogens is 1. The first-order chi connectivity index (χ1) is 15.9. The largest absolute Gasteiger partial charge is 0.490 e. The van der Waals surface area contributed by atoms with Crippen LogP contribution in [0.5, 0.6) is 5.75 Å². The van der Waals surface area contributed by atoms with Crippen molar-refractivity contribution in [3.63, 3.8) is 0 Å². The van der Waals surface area contributed by atoms with Crippen LogP contribution in [0.2, 0.25) is 0 Å². The van der Waals surface area contributed by atoms with Gasteiger partial charge in [0.2, 0.25) is 0 Å². The minimum atomic E-state index is -0.332. The summed E-state index contributed by atoms with van der Waals surface area (Å²) in [6.07, 6.45) is 1.85. The predicted octanol–water partition coefficient (Wildman–Crippen LogP) is 4.07. The van der Waals surface area contributed by atoms with Gasteiger partial charge in [0, 0.05) is 41.9 Å². The van der Waals surface area contributed by atoms with E-state index in [1.807, 2.05) is 0 Å². The standard InChI is InChI=1S/C25H27FN4O3/c1-16(28)19(15-27)9-10-29-25(31)18-5-8-21-23(13-18)30-22(14-24(21)33-12-11-32-2)17-3-6-20(26)7-4-17/h3-8,13-15,28H,9-12,27H2,1-2H3,(H,29,31)/b19-15-,28-16?. The van der Waals surface area contributed by atoms with Gasteiger partial charge in [-0.2, -0.15) is 0 Å². The van der Waals surface area contributed by atoms with Crippen molar-refractivity contribution in [3.8, 4) is 17.0 Å². The lowest BCUT2D eigenvalue weighted by molar-refractivity contribution is 0.0954. The second-order valence-corrected chi connectivity index (χ2v) is 7.41. The molecule has 33 heavy (non-hydrogen) atoms. The van der Waals surface area contributed by atoms with Gasteiger partial charge in [0.15, 0.2) is 0 Å². The molecule has 0 saturated heterocycles. The van der Waals surface area contributed by atoms with Crippen molar-refractivity contribution < 1.29 is 18.7 Å². The lowest BCUT2D eigenvalue weighted by Crippen LogP contribution is -2.25. The summed E-state index contributed by atoms with van der Waals surface area (Å²) in [5.41, 5.74) is 8.93. The Kier molecular flexibility index (Phi) is 8.10. The minimum absolute atomic E-state index is 0.258. The van der Waals surface area contributed by atoms with Crippen LogP contribution in [0.4, 0.5) is 4.39 Å². The van der Waals surface area contributed by atoms with E-state index < -0.39 is 0 Å². The van der Waals surface area contributed by atoms with Gasteiger partial charge < -0.3 is 25.9 Å². The molecule has 0 fully saturated rings. The van der Waals surface area contributed by atoms with E-state index >= 15 is 0 Å². The lowest BCUT2D eigenvalue weighted by Gasteiger charge is -2.13. The molecule has 0 saturated carbocycles. The Morgan fingerprint density at radius 1 is 1.18 bits per heavy atom. The number of benzene rings is 2. The first-order valence-corrected chi connectivity index (χ1v) is 10.5. The molecule has 0 bridgehead atoms. The summed E-state index contributed by atoms with van der Waals surface area (Å²) < 4.78 is 24.3. The number of nitrogens with zero attached hydrogens (tertiary/aromatic N) is 1. The molecule has 3 aromatic rings. The van der Waals surface area contributed by atoms with Crippen LogP contribution in [0.15, 0.2) is 60.3 Å². The summed E-state index contributed by atoms with van der Waals surface area (Å²) in [6.45, 7) is 2.78. The second kappa shape index (κ2) is 11.2. The van der Waals surface area contributed by atoms with E-state index in [4.69, 9.17) is 20.6 Å². The number of ether oxygens (including phenoxy) is 2. The van der Waals surface area contributed by atoms with Crippen LogP contribution in [-0.2, 0) is 4.74 Å². The molecule has 0 aliphatic heterocycles. The van der Waals surface area contributed by atoms with Crippen LogP contribution in [0.1, 0.15) is 23.7 Å². The Labute approximate surface area is 191 Å². The van der Waals surface area contributed by atoms with Gasteiger partial charge in [-0.1, -0.05) is 0 Å². The molecule has 0 aliphatic rings. The van der Waals surface area contributed by atoms with Crippen molar-refractivity contribution in [2.75, 3.05) is 26.9 Å². The molecule has 2 aromatic carbocycles. The number of nitrogens with one attached hydrogen (secondary N) is 2. The zero-order valence-corrected chi connectivity index (χ0v) is 18.7. The molecule has 1 heterocycles. The molecule has 4 N–H and O–H groups in total. The fourth-order valence-electron chi connectivity index (χ4n) is 3.27. The van der Waals surface area contributed by atoms with Gasteiger partial charge in [0.25, 0.3) is 5.91 Å². The fraction of sp³-hybridized carbons (Fsp3) is 0.240. The molecule has 0 atom stereocenters. The number of pyridine rings is 1. The lowest BCUT2D eigenvalue weighted by atomic mass is 10.1. The first-order valence-electron chi connectivity index (χ1n) is 10.5. The van der Waals surface area contributed by atoms with E-state index in [1.165, 1.54) is 18.3 Å². The van der Waals surface area contributed by atoms with Gasteiger partial charge >= 0.3 is 0 Å². The van der Waals surface area contributed by atoms with Gasteiger partial charge in [-0.25, -0.2) is 9.37 Å². The Morgan fingerprint density at radius 2 is 1.94 bits per heavy atom. The summed E-state index contributed by atoms with van der Waals surface area (Å²) in [4.78, 5) is 17.4. The van der Waals surface area contributed by atoms with Gasteiger partial charge in [-0.3, -0.25) is 4.79 Å². The van der Waals surface area contributed by atoms with E-state index in [9.17, 15) is 9.18 Å². The molecule has 3 rings (SSSR count). The van der Waals surface area contributed by atoms with Crippen LogP contribution in [0.3, 0.4) is 0 Å². The maximum absolute atomic E-state index is 13.4. The third-order valence-electron chi connectivity index (χ3n) is 5.08. The molecule has 0 aliphatic carbocycles. The van der Waals surface area contributed by atoms with Crippen LogP contribution in [-0.4, -0.2) is 43.5 Å². The maximum Gasteiger partial charge on any atom is 0.251 e. The number of halogens is 1. The molecule has 0 unspecified atom stereocenters. The minimum Gasteiger partial charge on any atom is -0.490 e. The Bertz CT molecular complexity index is 1180. The molecule has 1 amide bonds. The number of hydrogen-bond donors (Lipinski definition) is 3. The molecular weight excluding hydrogens is 423 g/mol. The number of fused-ring (bicyclic) bond motifs is 1. The zero-order valence-electron chi connectivity index (χ0n) is 18.7. The van der Waals surface area contributed by atoms with Gasteiger partial charge in [0.05, 0.1) is 17.8 Å². The van der Waals surface area contributed by atoms with Crippen LogP contribution in [0.25, 0.3) is 22.2 Å². The maximum atomic E-state index is 13.4. The molecule has 7 nitrogen and oxygen atoms in total. The van der Waals surface area contributed by atoms with Crippen molar-refractivity contribution in [1.82, 2.24) is 10.3 Å². The smallest absolute Gasteiger partial charge is 0.251 e. The van der Waals surface area contributed by atoms with E-state index in [2.05, 4.69) is 10.3 Å². The third-order valence-corrected chi connectivity index (χ3v) is 5.08. The summed E-state index contributed by atoms with van der Waals surface area (Å²) in [5.74, 6) is 0.00942. The summed E-state index contributed by atoms with van der Waals surface area (Å²) in [7, 11) is 1.60. The topological polar surface area (TPSA) is 110 Å². The molecular formula is C25H27FN4O3. The van der Waals surface area contributed by atoms with Crippen molar-refractivity contribution >= 4 is 22.5 Å². The number of amides is 1. The third kappa shape index (κ3) is 6.14. The highest BCUT2D eigenvalue weighted by atomic mass is 19.1. The first kappa shape index (κ1) is 23.9. The monoisotopic (exact) mass is 450 g/mol. The highest BCUT2D eigenvalue weighted by Gasteiger charge is 2.13. The summed E-state index contributed by atoms with van der Waals surface area (Å²) >= 11 is 0. The van der Waals surface area contributed by atoms with Crippen LogP contribution < -0.4 is 15.8 Å². The predicted molar refractivity (Wildman–Crippen MR) is 127 cm³/mol. The van der Waals surface area contributed by atoms with E-state index in [1.54, 1.807) is 50.4 Å². The average molecular weight is 451 g/mol. The number of carbonyl (C=O) groups excluding carboxylic acids is 1. The number of rotatable bonds is 10. The van der Waals surface area contributed by atoms with Gasteiger partial charge in [-0.15, -0.1) is 0 Å². The van der Waals surface area contributed by atoms with Gasteiger partial charge in [0.1, 0.15) is 18.2 Å². The number of methoxy groups -OCH3 is 1. The van der Waals surface area contributed by atoms with Crippen molar-refractivity contribution in [2.24, 2.45) is 5.73 Å². The summed E-state index contributed by atoms with van der Waals surface area (Å²) in [6, 6.07) is 13.0. The normalized spacial score (nSPS) is 11.4. The van der Waals surface area contributed by atoms with Gasteiger partial charge in [-0.05, 0) is 67.6 Å². The van der Waals surface area contributed by atoms with Crippen molar-refractivity contribution in [1.29, 1.82) is 5.41 Å². The fourth-order valence-corrected chi connectivity index (χ4v) is 3.27. The summed E-state index contributed by atoms with van der Waals surface area (Å²) in [5, 5.41) is 11.3. The molecule has 172 valence electrons. The van der Waals surface area contributed by atoms with Crippen LogP contribution in [0, 0.1) is 11.2 Å². The number of carbonyl (C=O) groups is 1. The number of nitrogens with two attached hydrogens (primary N) is 1. The molecule has 0 radical (unpaired) electrons. The highest BCUT2D eigenvalue weighted by molar-refractivity contribution is 5.99. The second-order valence-electron chi connectivity index (χ2n) is 7.41. The van der Waals surface area contributed by atoms with Crippen molar-refractivity contribution in [3.05, 3.63) is 71.7 Å². The Balaban J connectivity index is 1.90. The molecule has 1 aromatic heterocycles. The Morgan fingerprint density at radius 3 is 2.61 bits per heavy atom.